The fourth-order valence-corrected chi connectivity index (χ4v) is 9.05. The second-order valence-corrected chi connectivity index (χ2v) is 13.4. The van der Waals surface area contributed by atoms with Crippen LogP contribution in [0.4, 0.5) is 13.2 Å². The van der Waals surface area contributed by atoms with Crippen molar-refractivity contribution in [3.8, 4) is 0 Å². The molecule has 42 heavy (non-hydrogen) atoms. The summed E-state index contributed by atoms with van der Waals surface area (Å²) in [6.45, 7) is 1.92. The van der Waals surface area contributed by atoms with Crippen molar-refractivity contribution in [1.82, 2.24) is 5.32 Å². The van der Waals surface area contributed by atoms with Gasteiger partial charge in [0.25, 0.3) is 11.6 Å². The van der Waals surface area contributed by atoms with E-state index in [1.807, 2.05) is 0 Å². The zero-order valence-corrected chi connectivity index (χ0v) is 23.4. The van der Waals surface area contributed by atoms with E-state index in [-0.39, 0.29) is 29.3 Å². The van der Waals surface area contributed by atoms with Gasteiger partial charge in [0.1, 0.15) is 11.7 Å². The molecule has 4 fully saturated rings. The Hall–Kier alpha value is -3.02. The molecule has 7 rings (SSSR count). The molecular weight excluding hydrogens is 551 g/mol. The monoisotopic (exact) mass is 586 g/mol. The maximum Gasteiger partial charge on any atom is 0.421 e. The molecule has 1 spiro atoms. The number of alkyl halides is 3. The molecule has 0 radical (unpaired) electrons. The summed E-state index contributed by atoms with van der Waals surface area (Å²) in [7, 11) is 2.27. The number of allylic oxidation sites excluding steroid dienone is 1. The smallest absolute Gasteiger partial charge is 0.365 e. The number of aliphatic hydroxyl groups is 1. The van der Waals surface area contributed by atoms with Crippen molar-refractivity contribution in [1.29, 1.82) is 0 Å². The molecule has 6 aliphatic rings. The number of hydrogen-bond donors (Lipinski definition) is 2. The van der Waals surface area contributed by atoms with Crippen LogP contribution >= 0.6 is 0 Å². The van der Waals surface area contributed by atoms with Crippen molar-refractivity contribution >= 4 is 12.0 Å². The highest BCUT2D eigenvalue weighted by atomic mass is 19.4. The van der Waals surface area contributed by atoms with Crippen molar-refractivity contribution in [2.24, 2.45) is 17.3 Å². The number of amides is 1. The van der Waals surface area contributed by atoms with E-state index in [1.54, 1.807) is 18.2 Å². The first-order valence-electron chi connectivity index (χ1n) is 14.9. The first-order valence-corrected chi connectivity index (χ1v) is 14.9. The van der Waals surface area contributed by atoms with Crippen molar-refractivity contribution < 1.29 is 37.2 Å². The molecule has 2 N–H and O–H groups in total. The van der Waals surface area contributed by atoms with E-state index < -0.39 is 39.8 Å². The average molecular weight is 587 g/mol. The van der Waals surface area contributed by atoms with Gasteiger partial charge in [-0.25, -0.2) is 0 Å². The van der Waals surface area contributed by atoms with Crippen LogP contribution < -0.4 is 5.32 Å². The van der Waals surface area contributed by atoms with Crippen LogP contribution in [-0.4, -0.2) is 70.7 Å². The molecular formula is C31H35F3N3O5+. The van der Waals surface area contributed by atoms with Crippen molar-refractivity contribution in [2.75, 3.05) is 20.1 Å². The van der Waals surface area contributed by atoms with Gasteiger partial charge < -0.3 is 19.6 Å². The molecule has 2 saturated carbocycles. The number of carbonyl (C=O) groups is 1. The standard InChI is InChI=1S/C31H34F3N3O5/c1-37(17-19-10-11-19)13-12-29-21-8-5-9-25(29)42-27-26(29)20(15-24(21)37)23(36(40)41)16-30(27,39)35-28(38)22(31(32,33)34)14-18-6-3-2-4-7-18/h2-4,6-7,14,16,19,21,24-25,27,39H,5,8-13,15,17H2,1H3/p+1/t21-,24+,25-,27?,29+,30?,37?/m0/s1. The quantitative estimate of drug-likeness (QED) is 0.168. The number of rotatable bonds is 6. The van der Waals surface area contributed by atoms with Gasteiger partial charge in [-0.1, -0.05) is 36.8 Å². The Morgan fingerprint density at radius 3 is 2.64 bits per heavy atom. The zero-order valence-electron chi connectivity index (χ0n) is 23.4. The van der Waals surface area contributed by atoms with Crippen LogP contribution in [0.5, 0.6) is 0 Å². The number of carbonyl (C=O) groups excluding carboxylic acids is 1. The average Bonchev–Trinajstić information content (AvgIpc) is 3.67. The van der Waals surface area contributed by atoms with E-state index in [0.29, 0.717) is 36.0 Å². The maximum atomic E-state index is 14.1. The van der Waals surface area contributed by atoms with E-state index >= 15 is 0 Å². The predicted octanol–water partition coefficient (Wildman–Crippen LogP) is 4.49. The van der Waals surface area contributed by atoms with Crippen LogP contribution in [-0.2, 0) is 9.53 Å². The minimum Gasteiger partial charge on any atom is -0.365 e. The number of benzene rings is 1. The lowest BCUT2D eigenvalue weighted by molar-refractivity contribution is -0.947. The molecule has 3 unspecified atom stereocenters. The van der Waals surface area contributed by atoms with E-state index in [9.17, 15) is 33.2 Å². The van der Waals surface area contributed by atoms with Crippen LogP contribution in [0.25, 0.3) is 6.08 Å². The fraction of sp³-hybridized carbons (Fsp3) is 0.581. The number of piperidine rings is 1. The summed E-state index contributed by atoms with van der Waals surface area (Å²) in [6, 6.07) is 7.75. The van der Waals surface area contributed by atoms with Crippen LogP contribution in [0.1, 0.15) is 50.5 Å². The highest BCUT2D eigenvalue weighted by Gasteiger charge is 2.72. The number of ether oxygens (including phenoxy) is 1. The highest BCUT2D eigenvalue weighted by molar-refractivity contribution is 5.99. The van der Waals surface area contributed by atoms with Gasteiger partial charge in [-0.3, -0.25) is 14.9 Å². The van der Waals surface area contributed by atoms with Crippen LogP contribution in [0.3, 0.4) is 0 Å². The third kappa shape index (κ3) is 4.11. The number of halogens is 3. The Labute approximate surface area is 241 Å². The third-order valence-corrected chi connectivity index (χ3v) is 10.9. The fourth-order valence-electron chi connectivity index (χ4n) is 9.05. The summed E-state index contributed by atoms with van der Waals surface area (Å²) in [4.78, 5) is 25.2. The Bertz CT molecular complexity index is 1440. The number of nitrogens with one attached hydrogen (secondary N) is 1. The molecule has 7 atom stereocenters. The molecule has 8 nitrogen and oxygen atoms in total. The molecule has 2 heterocycles. The minimum absolute atomic E-state index is 0.153. The van der Waals surface area contributed by atoms with Crippen molar-refractivity contribution in [3.63, 3.8) is 0 Å². The Morgan fingerprint density at radius 1 is 1.24 bits per heavy atom. The number of quaternary nitrogens is 1. The van der Waals surface area contributed by atoms with Crippen LogP contribution in [0, 0.1) is 27.4 Å². The van der Waals surface area contributed by atoms with E-state index in [4.69, 9.17) is 4.74 Å². The first-order chi connectivity index (χ1) is 19.9. The third-order valence-electron chi connectivity index (χ3n) is 10.9. The summed E-state index contributed by atoms with van der Waals surface area (Å²) in [6.07, 6.45) is 1.22. The number of hydrogen-bond acceptors (Lipinski definition) is 5. The molecule has 2 bridgehead atoms. The summed E-state index contributed by atoms with van der Waals surface area (Å²) < 4.78 is 49.8. The molecule has 1 amide bonds. The topological polar surface area (TPSA) is 102 Å². The molecule has 0 aromatic heterocycles. The Balaban J connectivity index is 1.31. The minimum atomic E-state index is -5.04. The second-order valence-electron chi connectivity index (χ2n) is 13.4. The Morgan fingerprint density at radius 2 is 1.98 bits per heavy atom. The normalized spacial score (nSPS) is 39.0. The number of nitro groups is 1. The van der Waals surface area contributed by atoms with Crippen molar-refractivity contribution in [2.45, 2.75) is 75.1 Å². The summed E-state index contributed by atoms with van der Waals surface area (Å²) in [5.41, 5.74) is -3.61. The van der Waals surface area contributed by atoms with Gasteiger partial charge in [-0.05, 0) is 42.9 Å². The molecule has 4 aliphatic carbocycles. The zero-order chi connectivity index (χ0) is 29.7. The van der Waals surface area contributed by atoms with Crippen LogP contribution in [0.2, 0.25) is 0 Å². The van der Waals surface area contributed by atoms with Crippen LogP contribution in [0.15, 0.2) is 58.8 Å². The molecule has 2 aliphatic heterocycles. The molecule has 1 aromatic carbocycles. The maximum absolute atomic E-state index is 14.1. The second kappa shape index (κ2) is 9.24. The molecule has 224 valence electrons. The molecule has 2 saturated heterocycles. The summed E-state index contributed by atoms with van der Waals surface area (Å²) in [5, 5.41) is 26.6. The van der Waals surface area contributed by atoms with Gasteiger partial charge in [0.15, 0.2) is 5.72 Å². The lowest BCUT2D eigenvalue weighted by Gasteiger charge is -2.61. The highest BCUT2D eigenvalue weighted by Crippen LogP contribution is 2.67. The summed E-state index contributed by atoms with van der Waals surface area (Å²) >= 11 is 0. The van der Waals surface area contributed by atoms with E-state index in [0.717, 1.165) is 42.9 Å². The van der Waals surface area contributed by atoms with Gasteiger partial charge in [-0.2, -0.15) is 13.2 Å². The SMILES string of the molecule is C[N+]1(CC2CC2)CC[C@@]23C4=C5C[C@@H]1[C@@H]2CCC[C@@H]3OC4C(O)(NC(=O)C(=Cc1ccccc1)C(F)(F)F)C=C5[N+](=O)[O-]. The lowest BCUT2D eigenvalue weighted by atomic mass is 9.49. The molecule has 11 heteroatoms. The van der Waals surface area contributed by atoms with Gasteiger partial charge in [0.2, 0.25) is 0 Å². The predicted molar refractivity (Wildman–Crippen MR) is 146 cm³/mol. The Kier molecular flexibility index (Phi) is 6.11. The van der Waals surface area contributed by atoms with Gasteiger partial charge >= 0.3 is 6.18 Å². The number of nitrogens with zero attached hydrogens (tertiary/aromatic N) is 2. The number of likely N-dealkylation sites (tertiary alicyclic amines) is 1. The van der Waals surface area contributed by atoms with Gasteiger partial charge in [0.05, 0.1) is 37.2 Å². The van der Waals surface area contributed by atoms with Gasteiger partial charge in [-0.15, -0.1) is 0 Å². The van der Waals surface area contributed by atoms with Gasteiger partial charge in [0, 0.05) is 41.7 Å². The largest absolute Gasteiger partial charge is 0.421 e. The lowest BCUT2D eigenvalue weighted by Crippen LogP contribution is -2.69. The van der Waals surface area contributed by atoms with Crippen molar-refractivity contribution in [3.05, 3.63) is 74.5 Å². The summed E-state index contributed by atoms with van der Waals surface area (Å²) in [5.74, 6) is -0.710. The molecule has 1 aromatic rings. The first kappa shape index (κ1) is 27.8. The van der Waals surface area contributed by atoms with E-state index in [2.05, 4.69) is 12.4 Å². The van der Waals surface area contributed by atoms with E-state index in [1.165, 1.54) is 25.0 Å².